The summed E-state index contributed by atoms with van der Waals surface area (Å²) in [6, 6.07) is 4.18. The molecule has 0 fully saturated rings. The Bertz CT molecular complexity index is 452. The number of primary amides is 1. The Kier molecular flexibility index (Phi) is 5.77. The van der Waals surface area contributed by atoms with Crippen LogP contribution in [0.25, 0.3) is 0 Å². The summed E-state index contributed by atoms with van der Waals surface area (Å²) < 4.78 is 14.0. The maximum absolute atomic E-state index is 13.4. The number of halogens is 2. The Morgan fingerprint density at radius 2 is 2.06 bits per heavy atom. The summed E-state index contributed by atoms with van der Waals surface area (Å²) in [6.07, 6.45) is 1.53. The van der Waals surface area contributed by atoms with Crippen molar-refractivity contribution in [2.75, 3.05) is 6.54 Å². The first-order valence-electron chi connectivity index (χ1n) is 5.52. The van der Waals surface area contributed by atoms with Crippen LogP contribution in [0.3, 0.4) is 0 Å². The normalized spacial score (nSPS) is 10.1. The van der Waals surface area contributed by atoms with Crippen LogP contribution in [-0.4, -0.2) is 18.4 Å². The van der Waals surface area contributed by atoms with E-state index in [0.29, 0.717) is 30.3 Å². The fourth-order valence-electron chi connectivity index (χ4n) is 1.39. The van der Waals surface area contributed by atoms with E-state index >= 15 is 0 Å². The lowest BCUT2D eigenvalue weighted by atomic mass is 10.2. The van der Waals surface area contributed by atoms with E-state index in [1.54, 1.807) is 0 Å². The van der Waals surface area contributed by atoms with E-state index in [-0.39, 0.29) is 11.5 Å². The van der Waals surface area contributed by atoms with Crippen LogP contribution in [0.1, 0.15) is 29.6 Å². The van der Waals surface area contributed by atoms with Gasteiger partial charge in [-0.25, -0.2) is 4.39 Å². The van der Waals surface area contributed by atoms with Crippen molar-refractivity contribution in [2.24, 2.45) is 5.73 Å². The highest BCUT2D eigenvalue weighted by molar-refractivity contribution is 9.10. The molecule has 0 aromatic heterocycles. The van der Waals surface area contributed by atoms with Crippen LogP contribution in [-0.2, 0) is 4.79 Å². The Hall–Kier alpha value is -1.43. The number of amides is 2. The molecule has 0 aliphatic carbocycles. The number of rotatable bonds is 6. The van der Waals surface area contributed by atoms with Gasteiger partial charge in [0.15, 0.2) is 0 Å². The quantitative estimate of drug-likeness (QED) is 0.788. The second-order valence-electron chi connectivity index (χ2n) is 3.80. The van der Waals surface area contributed by atoms with Crippen LogP contribution in [0, 0.1) is 5.82 Å². The van der Waals surface area contributed by atoms with Gasteiger partial charge in [0.05, 0.1) is 5.56 Å². The summed E-state index contributed by atoms with van der Waals surface area (Å²) in [5.41, 5.74) is 4.98. The number of nitrogens with two attached hydrogens (primary N) is 1. The molecule has 18 heavy (non-hydrogen) atoms. The SMILES string of the molecule is NC(=O)CCCCNC(=O)c1cc(Br)ccc1F. The van der Waals surface area contributed by atoms with Gasteiger partial charge in [-0.15, -0.1) is 0 Å². The van der Waals surface area contributed by atoms with Crippen LogP contribution in [0.15, 0.2) is 22.7 Å². The van der Waals surface area contributed by atoms with Gasteiger partial charge in [0.1, 0.15) is 5.82 Å². The monoisotopic (exact) mass is 316 g/mol. The molecule has 0 bridgehead atoms. The molecule has 1 aromatic rings. The van der Waals surface area contributed by atoms with E-state index in [0.717, 1.165) is 0 Å². The molecule has 0 spiro atoms. The molecule has 6 heteroatoms. The van der Waals surface area contributed by atoms with E-state index in [9.17, 15) is 14.0 Å². The fraction of sp³-hybridized carbons (Fsp3) is 0.333. The van der Waals surface area contributed by atoms with E-state index in [2.05, 4.69) is 21.2 Å². The number of carbonyl (C=O) groups is 2. The van der Waals surface area contributed by atoms with E-state index in [1.807, 2.05) is 0 Å². The first kappa shape index (κ1) is 14.6. The highest BCUT2D eigenvalue weighted by Crippen LogP contribution is 2.15. The second-order valence-corrected chi connectivity index (χ2v) is 4.72. The van der Waals surface area contributed by atoms with E-state index in [1.165, 1.54) is 18.2 Å². The molecule has 0 aliphatic rings. The van der Waals surface area contributed by atoms with Gasteiger partial charge in [-0.05, 0) is 31.0 Å². The van der Waals surface area contributed by atoms with Crippen LogP contribution in [0.5, 0.6) is 0 Å². The minimum absolute atomic E-state index is 0.000670. The summed E-state index contributed by atoms with van der Waals surface area (Å²) in [6.45, 7) is 0.387. The molecular weight excluding hydrogens is 303 g/mol. The molecule has 0 saturated heterocycles. The van der Waals surface area contributed by atoms with Crippen LogP contribution < -0.4 is 11.1 Å². The third-order valence-corrected chi connectivity index (χ3v) is 2.80. The number of hydrogen-bond donors (Lipinski definition) is 2. The summed E-state index contributed by atoms with van der Waals surface area (Å²) in [5.74, 6) is -1.39. The maximum Gasteiger partial charge on any atom is 0.254 e. The number of nitrogens with one attached hydrogen (secondary N) is 1. The van der Waals surface area contributed by atoms with Gasteiger partial charge in [0.2, 0.25) is 5.91 Å². The molecule has 0 radical (unpaired) electrons. The minimum Gasteiger partial charge on any atom is -0.370 e. The Morgan fingerprint density at radius 3 is 2.72 bits per heavy atom. The van der Waals surface area contributed by atoms with Crippen LogP contribution >= 0.6 is 15.9 Å². The van der Waals surface area contributed by atoms with Gasteiger partial charge >= 0.3 is 0 Å². The number of benzene rings is 1. The van der Waals surface area contributed by atoms with Gasteiger partial charge in [-0.2, -0.15) is 0 Å². The van der Waals surface area contributed by atoms with E-state index < -0.39 is 11.7 Å². The van der Waals surface area contributed by atoms with Crippen molar-refractivity contribution in [3.8, 4) is 0 Å². The van der Waals surface area contributed by atoms with Crippen molar-refractivity contribution in [3.63, 3.8) is 0 Å². The molecule has 1 rings (SSSR count). The lowest BCUT2D eigenvalue weighted by Gasteiger charge is -2.06. The van der Waals surface area contributed by atoms with Gasteiger partial charge in [0, 0.05) is 17.4 Å². The summed E-state index contributed by atoms with van der Waals surface area (Å²) in [5, 5.41) is 2.59. The van der Waals surface area contributed by atoms with Crippen molar-refractivity contribution in [2.45, 2.75) is 19.3 Å². The smallest absolute Gasteiger partial charge is 0.254 e. The predicted octanol–water partition coefficient (Wildman–Crippen LogP) is 1.97. The Morgan fingerprint density at radius 1 is 1.33 bits per heavy atom. The lowest BCUT2D eigenvalue weighted by Crippen LogP contribution is -2.25. The maximum atomic E-state index is 13.4. The molecule has 1 aromatic carbocycles. The molecule has 0 atom stereocenters. The van der Waals surface area contributed by atoms with Crippen molar-refractivity contribution in [1.29, 1.82) is 0 Å². The molecule has 3 N–H and O–H groups in total. The zero-order chi connectivity index (χ0) is 13.5. The standard InChI is InChI=1S/C12H14BrFN2O2/c13-8-4-5-10(14)9(7-8)12(18)16-6-2-1-3-11(15)17/h4-5,7H,1-3,6H2,(H2,15,17)(H,16,18). The number of carbonyl (C=O) groups excluding carboxylic acids is 2. The van der Waals surface area contributed by atoms with Gasteiger partial charge in [0.25, 0.3) is 5.91 Å². The largest absolute Gasteiger partial charge is 0.370 e. The van der Waals surface area contributed by atoms with Crippen molar-refractivity contribution in [3.05, 3.63) is 34.1 Å². The number of unbranched alkanes of at least 4 members (excludes halogenated alkanes) is 1. The highest BCUT2D eigenvalue weighted by atomic mass is 79.9. The summed E-state index contributed by atoms with van der Waals surface area (Å²) in [7, 11) is 0. The molecule has 4 nitrogen and oxygen atoms in total. The van der Waals surface area contributed by atoms with Gasteiger partial charge in [-0.3, -0.25) is 9.59 Å². The molecule has 0 saturated carbocycles. The van der Waals surface area contributed by atoms with Crippen molar-refractivity contribution >= 4 is 27.7 Å². The molecule has 0 heterocycles. The Labute approximate surface area is 113 Å². The Balaban J connectivity index is 2.41. The van der Waals surface area contributed by atoms with Crippen molar-refractivity contribution in [1.82, 2.24) is 5.32 Å². The van der Waals surface area contributed by atoms with Gasteiger partial charge in [-0.1, -0.05) is 15.9 Å². The van der Waals surface area contributed by atoms with Crippen LogP contribution in [0.4, 0.5) is 4.39 Å². The third-order valence-electron chi connectivity index (χ3n) is 2.31. The second kappa shape index (κ2) is 7.10. The summed E-state index contributed by atoms with van der Waals surface area (Å²) in [4.78, 5) is 22.1. The highest BCUT2D eigenvalue weighted by Gasteiger charge is 2.11. The van der Waals surface area contributed by atoms with E-state index in [4.69, 9.17) is 5.73 Å². The topological polar surface area (TPSA) is 72.2 Å². The average molecular weight is 317 g/mol. The third kappa shape index (κ3) is 4.83. The molecule has 98 valence electrons. The molecule has 2 amide bonds. The molecule has 0 unspecified atom stereocenters. The van der Waals surface area contributed by atoms with Gasteiger partial charge < -0.3 is 11.1 Å². The van der Waals surface area contributed by atoms with Crippen LogP contribution in [0.2, 0.25) is 0 Å². The lowest BCUT2D eigenvalue weighted by molar-refractivity contribution is -0.118. The minimum atomic E-state index is -0.562. The van der Waals surface area contributed by atoms with Crippen molar-refractivity contribution < 1.29 is 14.0 Å². The zero-order valence-corrected chi connectivity index (χ0v) is 11.3. The first-order valence-corrected chi connectivity index (χ1v) is 6.31. The summed E-state index contributed by atoms with van der Waals surface area (Å²) >= 11 is 3.18. The average Bonchev–Trinajstić information content (AvgIpc) is 2.31. The first-order chi connectivity index (χ1) is 8.50. The molecule has 0 aliphatic heterocycles. The molecular formula is C12H14BrFN2O2. The fourth-order valence-corrected chi connectivity index (χ4v) is 1.75. The zero-order valence-electron chi connectivity index (χ0n) is 9.71. The predicted molar refractivity (Wildman–Crippen MR) is 69.5 cm³/mol. The number of hydrogen-bond acceptors (Lipinski definition) is 2.